The topological polar surface area (TPSA) is 65.4 Å². The van der Waals surface area contributed by atoms with Gasteiger partial charge in [-0.2, -0.15) is 18.3 Å². The highest BCUT2D eigenvalue weighted by Crippen LogP contribution is 2.47. The molecule has 1 N–H and O–H groups in total. The van der Waals surface area contributed by atoms with E-state index in [1.165, 1.54) is 24.3 Å². The van der Waals surface area contributed by atoms with Gasteiger partial charge in [0.2, 0.25) is 0 Å². The Labute approximate surface area is 185 Å². The first kappa shape index (κ1) is 20.7. The van der Waals surface area contributed by atoms with E-state index in [0.29, 0.717) is 16.2 Å². The predicted molar refractivity (Wildman–Crippen MR) is 110 cm³/mol. The first-order valence-electron chi connectivity index (χ1n) is 9.99. The summed E-state index contributed by atoms with van der Waals surface area (Å²) in [6, 6.07) is 10.5. The zero-order chi connectivity index (χ0) is 22.5. The maximum atomic E-state index is 13.9. The van der Waals surface area contributed by atoms with Crippen LogP contribution < -0.4 is 14.8 Å². The monoisotopic (exact) mass is 463 g/mol. The Morgan fingerprint density at radius 1 is 1.09 bits per heavy atom. The Bertz CT molecular complexity index is 1200. The van der Waals surface area contributed by atoms with E-state index < -0.39 is 29.1 Å². The van der Waals surface area contributed by atoms with Gasteiger partial charge in [0, 0.05) is 29.6 Å². The first-order chi connectivity index (χ1) is 15.2. The van der Waals surface area contributed by atoms with Crippen molar-refractivity contribution in [3.8, 4) is 17.2 Å². The van der Waals surface area contributed by atoms with Crippen LogP contribution in [0.15, 0.2) is 48.7 Å². The number of aromatic nitrogens is 2. The molecule has 2 aliphatic rings. The van der Waals surface area contributed by atoms with Crippen molar-refractivity contribution in [2.75, 3.05) is 5.32 Å². The number of fused-ring (bicyclic) bond motifs is 1. The van der Waals surface area contributed by atoms with Crippen molar-refractivity contribution in [1.29, 1.82) is 0 Å². The maximum Gasteiger partial charge on any atom is 0.434 e. The van der Waals surface area contributed by atoms with Crippen molar-refractivity contribution in [3.63, 3.8) is 0 Å². The molecule has 2 heterocycles. The molecule has 1 aliphatic heterocycles. The molecule has 1 spiro atoms. The standard InChI is InChI=1S/C22H17ClF3N3O3/c23-13-4-3-5-15(10-13)29-19(22(24,25)26)16(12-27-29)20(30)28-14-6-7-17-18(11-14)32-21(31-17)8-1-2-9-21/h3-7,10-12H,1-2,8-9H2,(H,28,30). The van der Waals surface area contributed by atoms with Gasteiger partial charge in [0.1, 0.15) is 0 Å². The highest BCUT2D eigenvalue weighted by molar-refractivity contribution is 6.30. The zero-order valence-corrected chi connectivity index (χ0v) is 17.3. The molecule has 3 aromatic rings. The molecule has 0 saturated heterocycles. The fourth-order valence-corrected chi connectivity index (χ4v) is 4.26. The summed E-state index contributed by atoms with van der Waals surface area (Å²) in [5, 5.41) is 6.54. The van der Waals surface area contributed by atoms with Gasteiger partial charge in [0.15, 0.2) is 17.2 Å². The lowest BCUT2D eigenvalue weighted by molar-refractivity contribution is -0.143. The van der Waals surface area contributed by atoms with E-state index in [2.05, 4.69) is 10.4 Å². The van der Waals surface area contributed by atoms with Crippen LogP contribution >= 0.6 is 11.6 Å². The second-order valence-electron chi connectivity index (χ2n) is 7.73. The Morgan fingerprint density at radius 2 is 1.84 bits per heavy atom. The number of carbonyl (C=O) groups excluding carboxylic acids is 1. The van der Waals surface area contributed by atoms with Gasteiger partial charge in [-0.25, -0.2) is 4.68 Å². The minimum atomic E-state index is -4.82. The molecule has 2 aromatic carbocycles. The SMILES string of the molecule is O=C(Nc1ccc2c(c1)OC1(CCCC1)O2)c1cnn(-c2cccc(Cl)c2)c1C(F)(F)F. The number of hydrogen-bond donors (Lipinski definition) is 1. The lowest BCUT2D eigenvalue weighted by Crippen LogP contribution is -2.34. The predicted octanol–water partition coefficient (Wildman–Crippen LogP) is 5.84. The fourth-order valence-electron chi connectivity index (χ4n) is 4.08. The van der Waals surface area contributed by atoms with Crippen molar-refractivity contribution in [2.24, 2.45) is 0 Å². The van der Waals surface area contributed by atoms with Gasteiger partial charge >= 0.3 is 6.18 Å². The molecule has 6 nitrogen and oxygen atoms in total. The van der Waals surface area contributed by atoms with Crippen LogP contribution in [0.5, 0.6) is 11.5 Å². The highest BCUT2D eigenvalue weighted by Gasteiger charge is 2.44. The molecule has 0 radical (unpaired) electrons. The first-order valence-corrected chi connectivity index (χ1v) is 10.4. The van der Waals surface area contributed by atoms with E-state index >= 15 is 0 Å². The molecule has 166 valence electrons. The van der Waals surface area contributed by atoms with E-state index in [1.807, 2.05) is 0 Å². The average molecular weight is 464 g/mol. The van der Waals surface area contributed by atoms with Crippen molar-refractivity contribution in [3.05, 3.63) is 64.9 Å². The summed E-state index contributed by atoms with van der Waals surface area (Å²) in [4.78, 5) is 12.8. The highest BCUT2D eigenvalue weighted by atomic mass is 35.5. The third-order valence-corrected chi connectivity index (χ3v) is 5.73. The van der Waals surface area contributed by atoms with Crippen LogP contribution in [0.2, 0.25) is 5.02 Å². The molecule has 1 aliphatic carbocycles. The van der Waals surface area contributed by atoms with Crippen LogP contribution in [0.3, 0.4) is 0 Å². The van der Waals surface area contributed by atoms with Gasteiger partial charge < -0.3 is 14.8 Å². The number of carbonyl (C=O) groups is 1. The number of halogens is 4. The minimum Gasteiger partial charge on any atom is -0.448 e. The van der Waals surface area contributed by atoms with E-state index in [1.54, 1.807) is 18.2 Å². The van der Waals surface area contributed by atoms with Crippen molar-refractivity contribution >= 4 is 23.2 Å². The van der Waals surface area contributed by atoms with Gasteiger partial charge in [-0.05, 0) is 43.2 Å². The number of amides is 1. The number of alkyl halides is 3. The molecule has 10 heteroatoms. The average Bonchev–Trinajstić information content (AvgIpc) is 3.45. The normalized spacial score (nSPS) is 16.5. The molecule has 32 heavy (non-hydrogen) atoms. The molecule has 1 saturated carbocycles. The minimum absolute atomic E-state index is 0.0915. The number of nitrogens with one attached hydrogen (secondary N) is 1. The van der Waals surface area contributed by atoms with Crippen LogP contribution in [0.4, 0.5) is 18.9 Å². The number of anilines is 1. The van der Waals surface area contributed by atoms with Gasteiger partial charge in [-0.3, -0.25) is 4.79 Å². The lowest BCUT2D eigenvalue weighted by Gasteiger charge is -2.21. The van der Waals surface area contributed by atoms with E-state index in [0.717, 1.165) is 31.9 Å². The zero-order valence-electron chi connectivity index (χ0n) is 16.6. The molecule has 1 amide bonds. The Kier molecular flexibility index (Phi) is 4.81. The third-order valence-electron chi connectivity index (χ3n) is 5.49. The number of benzene rings is 2. The van der Waals surface area contributed by atoms with E-state index in [4.69, 9.17) is 21.1 Å². The Morgan fingerprint density at radius 3 is 2.56 bits per heavy atom. The summed E-state index contributed by atoms with van der Waals surface area (Å²) in [6.45, 7) is 0. The van der Waals surface area contributed by atoms with Crippen LogP contribution in [0.1, 0.15) is 41.7 Å². The molecular formula is C22H17ClF3N3O3. The van der Waals surface area contributed by atoms with E-state index in [9.17, 15) is 18.0 Å². The molecule has 1 aromatic heterocycles. The summed E-state index contributed by atoms with van der Waals surface area (Å²) < 4.78 is 54.1. The van der Waals surface area contributed by atoms with Crippen LogP contribution in [-0.2, 0) is 6.18 Å². The van der Waals surface area contributed by atoms with Crippen molar-refractivity contribution in [2.45, 2.75) is 37.6 Å². The summed E-state index contributed by atoms with van der Waals surface area (Å²) >= 11 is 5.91. The summed E-state index contributed by atoms with van der Waals surface area (Å²) in [5.41, 5.74) is -1.42. The third kappa shape index (κ3) is 3.66. The van der Waals surface area contributed by atoms with Crippen LogP contribution in [-0.4, -0.2) is 21.5 Å². The molecule has 1 fully saturated rings. The van der Waals surface area contributed by atoms with Crippen molar-refractivity contribution < 1.29 is 27.4 Å². The largest absolute Gasteiger partial charge is 0.448 e. The van der Waals surface area contributed by atoms with E-state index in [-0.39, 0.29) is 16.4 Å². The Hall–Kier alpha value is -3.20. The smallest absolute Gasteiger partial charge is 0.434 e. The Balaban J connectivity index is 1.43. The number of rotatable bonds is 3. The number of nitrogens with zero attached hydrogens (tertiary/aromatic N) is 2. The van der Waals surface area contributed by atoms with Crippen LogP contribution in [0, 0.1) is 0 Å². The second kappa shape index (κ2) is 7.44. The second-order valence-corrected chi connectivity index (χ2v) is 8.17. The number of hydrogen-bond acceptors (Lipinski definition) is 4. The quantitative estimate of drug-likeness (QED) is 0.530. The molecule has 0 bridgehead atoms. The molecule has 5 rings (SSSR count). The van der Waals surface area contributed by atoms with Gasteiger partial charge in [0.05, 0.1) is 17.4 Å². The molecule has 0 unspecified atom stereocenters. The molecular weight excluding hydrogens is 447 g/mol. The lowest BCUT2D eigenvalue weighted by atomic mass is 10.2. The molecule has 0 atom stereocenters. The van der Waals surface area contributed by atoms with Crippen LogP contribution in [0.25, 0.3) is 5.69 Å². The van der Waals surface area contributed by atoms with Gasteiger partial charge in [0.25, 0.3) is 11.7 Å². The summed E-state index contributed by atoms with van der Waals surface area (Å²) in [7, 11) is 0. The summed E-state index contributed by atoms with van der Waals surface area (Å²) in [5.74, 6) is -0.614. The fraction of sp³-hybridized carbons (Fsp3) is 0.273. The maximum absolute atomic E-state index is 13.9. The number of ether oxygens (including phenoxy) is 2. The van der Waals surface area contributed by atoms with Crippen molar-refractivity contribution in [1.82, 2.24) is 9.78 Å². The van der Waals surface area contributed by atoms with Gasteiger partial charge in [-0.1, -0.05) is 17.7 Å². The van der Waals surface area contributed by atoms with Gasteiger partial charge in [-0.15, -0.1) is 0 Å². The summed E-state index contributed by atoms with van der Waals surface area (Å²) in [6.07, 6.45) is -0.417.